The first-order valence-corrected chi connectivity index (χ1v) is 8.92. The zero-order valence-electron chi connectivity index (χ0n) is 15.3. The summed E-state index contributed by atoms with van der Waals surface area (Å²) in [5.41, 5.74) is 0. The van der Waals surface area contributed by atoms with Gasteiger partial charge in [0, 0.05) is 0 Å². The van der Waals surface area contributed by atoms with Crippen LogP contribution in [0.2, 0.25) is 0 Å². The van der Waals surface area contributed by atoms with Crippen LogP contribution in [0.5, 0.6) is 0 Å². The summed E-state index contributed by atoms with van der Waals surface area (Å²) in [6.07, 6.45) is 0. The quantitative estimate of drug-likeness (QED) is 0.139. The fourth-order valence-electron chi connectivity index (χ4n) is 2.59. The number of fused-ring (bicyclic) bond motifs is 2. The van der Waals surface area contributed by atoms with E-state index in [0.717, 1.165) is 0 Å². The van der Waals surface area contributed by atoms with Crippen molar-refractivity contribution in [2.24, 2.45) is 0 Å². The second-order valence-electron chi connectivity index (χ2n) is 5.72. The molecule has 5 aromatic rings. The molecule has 0 radical (unpaired) electrons. The molecular weight excluding hydrogens is 569 g/mol. The molecule has 0 saturated heterocycles. The Morgan fingerprint density at radius 2 is 0.893 bits per heavy atom. The second-order valence-corrected chi connectivity index (χ2v) is 6.39. The summed E-state index contributed by atoms with van der Waals surface area (Å²) in [7, 11) is 2.63. The fraction of sp³-hybridized carbons (Fsp3) is 0. The molecule has 0 aliphatic heterocycles. The van der Waals surface area contributed by atoms with E-state index in [1.54, 1.807) is 0 Å². The Kier molecular flexibility index (Phi) is 14.1. The van der Waals surface area contributed by atoms with Gasteiger partial charge in [-0.1, -0.05) is 42.5 Å². The number of halogens is 2. The largest absolute Gasteiger partial charge is 4.00 e. The molecule has 0 amide bonds. The van der Waals surface area contributed by atoms with Crippen molar-refractivity contribution in [1.29, 1.82) is 0 Å². The summed E-state index contributed by atoms with van der Waals surface area (Å²) in [4.78, 5) is 0. The van der Waals surface area contributed by atoms with E-state index in [1.165, 1.54) is 26.8 Å². The van der Waals surface area contributed by atoms with Gasteiger partial charge in [0.2, 0.25) is 0 Å². The zero-order valence-corrected chi connectivity index (χ0v) is 21.6. The van der Waals surface area contributed by atoms with E-state index >= 15 is 0 Å². The van der Waals surface area contributed by atoms with Crippen LogP contribution in [0, 0.1) is 0 Å². The normalized spacial score (nSPS) is 8.75. The molecule has 0 spiro atoms. The first-order chi connectivity index (χ1) is 12.3. The maximum atomic E-state index is 2.63. The molecule has 1 unspecified atom stereocenters. The van der Waals surface area contributed by atoms with Gasteiger partial charge in [0.05, 0.1) is 0 Å². The molecular formula is C24H21Cl2HfP. The monoisotopic (exact) mass is 590 g/mol. The standard InChI is InChI=1S/2C9H7.C6H7P.2ClH.Hf/c2*1-2-5-9-7-3-6-8(9)4-1;7-6-4-2-1-3-5-6;;;/h2*1-7H;1-5H,7H2;2*1H;/q2*-1;;;;+4/p-2. The van der Waals surface area contributed by atoms with E-state index in [1.807, 2.05) is 30.3 Å². The van der Waals surface area contributed by atoms with Crippen molar-refractivity contribution in [1.82, 2.24) is 0 Å². The van der Waals surface area contributed by atoms with E-state index < -0.39 is 0 Å². The molecule has 0 N–H and O–H groups in total. The molecule has 5 rings (SSSR count). The van der Waals surface area contributed by atoms with E-state index in [9.17, 15) is 0 Å². The Morgan fingerprint density at radius 1 is 0.500 bits per heavy atom. The average molecular weight is 590 g/mol. The third-order valence-electron chi connectivity index (χ3n) is 3.89. The smallest absolute Gasteiger partial charge is 1.00 e. The maximum absolute atomic E-state index is 2.63. The zero-order chi connectivity index (χ0) is 17.3. The van der Waals surface area contributed by atoms with Crippen LogP contribution >= 0.6 is 9.24 Å². The predicted molar refractivity (Wildman–Crippen MR) is 115 cm³/mol. The van der Waals surface area contributed by atoms with Gasteiger partial charge in [0.25, 0.3) is 0 Å². The summed E-state index contributed by atoms with van der Waals surface area (Å²) in [5, 5.41) is 6.56. The van der Waals surface area contributed by atoms with Crippen molar-refractivity contribution in [2.45, 2.75) is 0 Å². The van der Waals surface area contributed by atoms with Crippen molar-refractivity contribution in [2.75, 3.05) is 0 Å². The molecule has 0 aliphatic rings. The number of rotatable bonds is 0. The molecule has 0 fully saturated rings. The van der Waals surface area contributed by atoms with Crippen LogP contribution in [0.1, 0.15) is 0 Å². The molecule has 0 heterocycles. The molecule has 0 nitrogen and oxygen atoms in total. The molecule has 4 heteroatoms. The Balaban J connectivity index is 0.000000374. The van der Waals surface area contributed by atoms with Gasteiger partial charge in [-0.3, -0.25) is 0 Å². The Hall–Kier alpha value is -1.24. The minimum absolute atomic E-state index is 0. The van der Waals surface area contributed by atoms with Crippen LogP contribution < -0.4 is 30.1 Å². The van der Waals surface area contributed by atoms with Gasteiger partial charge in [-0.2, -0.15) is 35.0 Å². The van der Waals surface area contributed by atoms with E-state index in [4.69, 9.17) is 0 Å². The minimum Gasteiger partial charge on any atom is -1.00 e. The minimum atomic E-state index is 0. The van der Waals surface area contributed by atoms with Crippen LogP contribution in [0.3, 0.4) is 0 Å². The Labute approximate surface area is 200 Å². The van der Waals surface area contributed by atoms with Gasteiger partial charge in [-0.05, 0) is 5.30 Å². The van der Waals surface area contributed by atoms with Crippen molar-refractivity contribution in [3.8, 4) is 0 Å². The molecule has 0 saturated carbocycles. The van der Waals surface area contributed by atoms with Crippen molar-refractivity contribution < 1.29 is 50.7 Å². The summed E-state index contributed by atoms with van der Waals surface area (Å²) < 4.78 is 0. The molecule has 0 bridgehead atoms. The summed E-state index contributed by atoms with van der Waals surface area (Å²) in [6, 6.07) is 39.5. The van der Waals surface area contributed by atoms with Gasteiger partial charge in [0.1, 0.15) is 0 Å². The van der Waals surface area contributed by atoms with Crippen molar-refractivity contribution >= 4 is 36.1 Å². The molecule has 140 valence electrons. The molecule has 5 aromatic carbocycles. The molecule has 1 atom stereocenters. The third-order valence-corrected chi connectivity index (χ3v) is 4.28. The topological polar surface area (TPSA) is 0 Å². The van der Waals surface area contributed by atoms with Crippen LogP contribution in [0.25, 0.3) is 21.5 Å². The van der Waals surface area contributed by atoms with Gasteiger partial charge >= 0.3 is 25.8 Å². The number of hydrogen-bond acceptors (Lipinski definition) is 0. The number of benzene rings is 3. The van der Waals surface area contributed by atoms with Crippen LogP contribution in [-0.2, 0) is 25.8 Å². The number of hydrogen-bond donors (Lipinski definition) is 0. The Bertz CT molecular complexity index is 896. The summed E-state index contributed by atoms with van der Waals surface area (Å²) in [6.45, 7) is 0. The van der Waals surface area contributed by atoms with Gasteiger partial charge in [0.15, 0.2) is 0 Å². The van der Waals surface area contributed by atoms with Crippen molar-refractivity contribution in [3.63, 3.8) is 0 Å². The van der Waals surface area contributed by atoms with Crippen LogP contribution in [0.4, 0.5) is 0 Å². The summed E-state index contributed by atoms with van der Waals surface area (Å²) >= 11 is 0. The van der Waals surface area contributed by atoms with Gasteiger partial charge < -0.3 is 24.8 Å². The first kappa shape index (κ1) is 26.8. The van der Waals surface area contributed by atoms with E-state index in [0.29, 0.717) is 0 Å². The SMILES string of the molecule is Pc1ccccc1.[Cl-].[Cl-].[Hf+4].c1ccc2[cH-]ccc2c1.c1ccc2[cH-]ccc2c1. The van der Waals surface area contributed by atoms with Gasteiger partial charge in [-0.15, -0.1) is 68.5 Å². The molecule has 0 aliphatic carbocycles. The maximum Gasteiger partial charge on any atom is 4.00 e. The average Bonchev–Trinajstić information content (AvgIpc) is 3.32. The fourth-order valence-corrected chi connectivity index (χ4v) is 2.82. The molecule has 0 aromatic heterocycles. The predicted octanol–water partition coefficient (Wildman–Crippen LogP) is 0.310. The Morgan fingerprint density at radius 3 is 1.25 bits per heavy atom. The van der Waals surface area contributed by atoms with Crippen LogP contribution in [0.15, 0.2) is 115 Å². The second kappa shape index (κ2) is 14.7. The molecule has 28 heavy (non-hydrogen) atoms. The van der Waals surface area contributed by atoms with E-state index in [2.05, 4.69) is 94.2 Å². The summed E-state index contributed by atoms with van der Waals surface area (Å²) in [5.74, 6) is 0. The van der Waals surface area contributed by atoms with Crippen molar-refractivity contribution in [3.05, 3.63) is 115 Å². The van der Waals surface area contributed by atoms with E-state index in [-0.39, 0.29) is 50.7 Å². The first-order valence-electron chi connectivity index (χ1n) is 8.34. The third kappa shape index (κ3) is 8.41. The van der Waals surface area contributed by atoms with Crippen LogP contribution in [-0.4, -0.2) is 0 Å². The van der Waals surface area contributed by atoms with Gasteiger partial charge in [-0.25, -0.2) is 0 Å².